The molecule has 3 amide bonds. The first kappa shape index (κ1) is 34.4. The number of allylic oxidation sites excluding steroid dienone is 2. The molecule has 3 rings (SSSR count). The fourth-order valence-electron chi connectivity index (χ4n) is 5.09. The number of pyridine rings is 1. The second kappa shape index (κ2) is 15.6. The van der Waals surface area contributed by atoms with Crippen LogP contribution in [-0.2, 0) is 23.9 Å². The molecule has 1 aromatic carbocycles. The normalized spacial score (nSPS) is 18.7. The average molecular weight is 606 g/mol. The lowest BCUT2D eigenvalue weighted by Crippen LogP contribution is -2.61. The van der Waals surface area contributed by atoms with Gasteiger partial charge in [0.25, 0.3) is 11.8 Å². The maximum atomic E-state index is 13.3. The van der Waals surface area contributed by atoms with Gasteiger partial charge in [0.2, 0.25) is 5.91 Å². The van der Waals surface area contributed by atoms with E-state index in [0.29, 0.717) is 19.4 Å². The molecule has 6 atom stereocenters. The number of rotatable bonds is 12. The maximum Gasteiger partial charge on any atom is 0.310 e. The third-order valence-corrected chi connectivity index (χ3v) is 8.10. The van der Waals surface area contributed by atoms with E-state index in [1.165, 1.54) is 5.01 Å². The summed E-state index contributed by atoms with van der Waals surface area (Å²) in [6, 6.07) is 6.13. The molecular formula is C34H47N5O5. The molecule has 1 aromatic heterocycles. The Bertz CT molecular complexity index is 1390. The standard InChI is InChI=1S/C34H47N5O5/c1-9-12-21(5)22(6)34(43)44-30(20(3)4)32(41)37-24(8)33(42)39-16-11-13-29(38-39)31(40)36-23(7)25-14-15-26-19-35-28(10-2)18-27(26)17-25/h9-10,12,14-15,17-24,29-30,38H,2,11,13,16H2,1,3-8H3,(H,36,40)(H,37,41)/b12-9+/t21?,22?,23-,24+,29+,30+/m1/s1. The first-order chi connectivity index (χ1) is 20.9. The summed E-state index contributed by atoms with van der Waals surface area (Å²) in [7, 11) is 0. The van der Waals surface area contributed by atoms with Crippen LogP contribution in [0.25, 0.3) is 16.8 Å². The molecule has 10 heteroatoms. The van der Waals surface area contributed by atoms with Crippen LogP contribution in [0.2, 0.25) is 0 Å². The second-order valence-corrected chi connectivity index (χ2v) is 12.0. The van der Waals surface area contributed by atoms with Crippen molar-refractivity contribution in [2.45, 2.75) is 85.5 Å². The van der Waals surface area contributed by atoms with Crippen LogP contribution >= 0.6 is 0 Å². The Morgan fingerprint density at radius 2 is 1.80 bits per heavy atom. The molecule has 2 unspecified atom stereocenters. The van der Waals surface area contributed by atoms with E-state index >= 15 is 0 Å². The van der Waals surface area contributed by atoms with Crippen LogP contribution in [-0.4, -0.2) is 58.4 Å². The van der Waals surface area contributed by atoms with Crippen molar-refractivity contribution in [1.82, 2.24) is 26.1 Å². The van der Waals surface area contributed by atoms with Gasteiger partial charge in [-0.05, 0) is 74.6 Å². The zero-order valence-corrected chi connectivity index (χ0v) is 26.9. The molecule has 44 heavy (non-hydrogen) atoms. The van der Waals surface area contributed by atoms with Gasteiger partial charge in [-0.25, -0.2) is 5.43 Å². The van der Waals surface area contributed by atoms with Gasteiger partial charge in [0.1, 0.15) is 12.1 Å². The number of carbonyl (C=O) groups is 4. The van der Waals surface area contributed by atoms with Crippen molar-refractivity contribution >= 4 is 40.5 Å². The predicted molar refractivity (Wildman–Crippen MR) is 172 cm³/mol. The van der Waals surface area contributed by atoms with Gasteiger partial charge in [-0.2, -0.15) is 0 Å². The van der Waals surface area contributed by atoms with Gasteiger partial charge in [0, 0.05) is 18.1 Å². The number of esters is 1. The second-order valence-electron chi connectivity index (χ2n) is 12.0. The van der Waals surface area contributed by atoms with E-state index in [1.807, 2.05) is 57.2 Å². The molecule has 0 radical (unpaired) electrons. The fourth-order valence-corrected chi connectivity index (χ4v) is 5.09. The van der Waals surface area contributed by atoms with Crippen LogP contribution in [0, 0.1) is 17.8 Å². The van der Waals surface area contributed by atoms with Gasteiger partial charge in [0.05, 0.1) is 17.7 Å². The van der Waals surface area contributed by atoms with E-state index in [0.717, 1.165) is 22.0 Å². The number of ether oxygens (including phenoxy) is 1. The highest BCUT2D eigenvalue weighted by molar-refractivity contribution is 5.91. The summed E-state index contributed by atoms with van der Waals surface area (Å²) in [4.78, 5) is 56.7. The summed E-state index contributed by atoms with van der Waals surface area (Å²) < 4.78 is 5.60. The number of carbonyl (C=O) groups excluding carboxylic acids is 4. The zero-order chi connectivity index (χ0) is 32.6. The van der Waals surface area contributed by atoms with E-state index in [-0.39, 0.29) is 29.7 Å². The number of amides is 3. The van der Waals surface area contributed by atoms with Crippen LogP contribution in [0.1, 0.15) is 78.6 Å². The van der Waals surface area contributed by atoms with Gasteiger partial charge >= 0.3 is 5.97 Å². The molecule has 10 nitrogen and oxygen atoms in total. The number of nitrogens with zero attached hydrogens (tertiary/aromatic N) is 2. The van der Waals surface area contributed by atoms with Crippen molar-refractivity contribution in [3.05, 3.63) is 60.5 Å². The zero-order valence-electron chi connectivity index (χ0n) is 26.9. The lowest BCUT2D eigenvalue weighted by Gasteiger charge is -2.35. The van der Waals surface area contributed by atoms with Crippen molar-refractivity contribution in [3.8, 4) is 0 Å². The third-order valence-electron chi connectivity index (χ3n) is 8.10. The Kier molecular flexibility index (Phi) is 12.2. The Morgan fingerprint density at radius 1 is 1.07 bits per heavy atom. The highest BCUT2D eigenvalue weighted by Crippen LogP contribution is 2.22. The Hall–Kier alpha value is -4.05. The minimum Gasteiger partial charge on any atom is -0.452 e. The number of hydrogen-bond acceptors (Lipinski definition) is 7. The van der Waals surface area contributed by atoms with Gasteiger partial charge in [-0.1, -0.05) is 58.6 Å². The Balaban J connectivity index is 1.59. The van der Waals surface area contributed by atoms with E-state index in [9.17, 15) is 19.2 Å². The molecule has 1 saturated heterocycles. The average Bonchev–Trinajstić information content (AvgIpc) is 3.01. The van der Waals surface area contributed by atoms with Crippen molar-refractivity contribution in [1.29, 1.82) is 0 Å². The highest BCUT2D eigenvalue weighted by atomic mass is 16.5. The number of aromatic nitrogens is 1. The summed E-state index contributed by atoms with van der Waals surface area (Å²) in [5, 5.41) is 9.15. The van der Waals surface area contributed by atoms with E-state index in [1.54, 1.807) is 40.0 Å². The van der Waals surface area contributed by atoms with Gasteiger partial charge in [0.15, 0.2) is 6.10 Å². The number of hydrazine groups is 1. The summed E-state index contributed by atoms with van der Waals surface area (Å²) in [6.45, 7) is 16.8. The fraction of sp³-hybridized carbons (Fsp3) is 0.500. The van der Waals surface area contributed by atoms with Crippen LogP contribution in [0.3, 0.4) is 0 Å². The summed E-state index contributed by atoms with van der Waals surface area (Å²) in [6.07, 6.45) is 7.41. The smallest absolute Gasteiger partial charge is 0.310 e. The minimum absolute atomic E-state index is 0.0437. The third kappa shape index (κ3) is 8.75. The Labute approximate surface area is 260 Å². The Morgan fingerprint density at radius 3 is 2.45 bits per heavy atom. The number of benzene rings is 1. The SMILES string of the molecule is C=Cc1cc2cc([C@@H](C)NC(=O)[C@@H]3CCCN(C(=O)[C@H](C)NC(=O)[C@@H](OC(=O)C(C)C(C)/C=C/C)C(C)C)N3)ccc2cn1. The summed E-state index contributed by atoms with van der Waals surface area (Å²) in [5.74, 6) is -2.37. The molecule has 3 N–H and O–H groups in total. The lowest BCUT2D eigenvalue weighted by atomic mass is 9.95. The topological polar surface area (TPSA) is 130 Å². The molecular weight excluding hydrogens is 558 g/mol. The lowest BCUT2D eigenvalue weighted by molar-refractivity contribution is -0.163. The van der Waals surface area contributed by atoms with Crippen LogP contribution in [0.5, 0.6) is 0 Å². The molecule has 2 aromatic rings. The van der Waals surface area contributed by atoms with Gasteiger partial charge < -0.3 is 15.4 Å². The number of hydrogen-bond donors (Lipinski definition) is 3. The molecule has 238 valence electrons. The molecule has 1 aliphatic rings. The van der Waals surface area contributed by atoms with Crippen LogP contribution < -0.4 is 16.1 Å². The molecule has 2 heterocycles. The summed E-state index contributed by atoms with van der Waals surface area (Å²) in [5.41, 5.74) is 4.76. The largest absolute Gasteiger partial charge is 0.452 e. The quantitative estimate of drug-likeness (QED) is 0.240. The molecule has 1 aliphatic heterocycles. The monoisotopic (exact) mass is 605 g/mol. The first-order valence-corrected chi connectivity index (χ1v) is 15.4. The van der Waals surface area contributed by atoms with E-state index < -0.39 is 36.0 Å². The van der Waals surface area contributed by atoms with Crippen molar-refractivity contribution in [2.75, 3.05) is 6.54 Å². The molecule has 0 saturated carbocycles. The molecule has 0 spiro atoms. The van der Waals surface area contributed by atoms with Crippen LogP contribution in [0.15, 0.2) is 49.2 Å². The van der Waals surface area contributed by atoms with Gasteiger partial charge in [-0.15, -0.1) is 0 Å². The highest BCUT2D eigenvalue weighted by Gasteiger charge is 2.34. The summed E-state index contributed by atoms with van der Waals surface area (Å²) >= 11 is 0. The molecule has 0 bridgehead atoms. The van der Waals surface area contributed by atoms with E-state index in [2.05, 4.69) is 27.6 Å². The van der Waals surface area contributed by atoms with Crippen LogP contribution in [0.4, 0.5) is 0 Å². The molecule has 0 aliphatic carbocycles. The molecule has 1 fully saturated rings. The predicted octanol–water partition coefficient (Wildman–Crippen LogP) is 4.47. The van der Waals surface area contributed by atoms with E-state index in [4.69, 9.17) is 4.74 Å². The number of nitrogens with one attached hydrogen (secondary N) is 3. The van der Waals surface area contributed by atoms with Crippen molar-refractivity contribution in [3.63, 3.8) is 0 Å². The number of fused-ring (bicyclic) bond motifs is 1. The minimum atomic E-state index is -1.04. The first-order valence-electron chi connectivity index (χ1n) is 15.4. The maximum absolute atomic E-state index is 13.3. The van der Waals surface area contributed by atoms with Crippen molar-refractivity contribution in [2.24, 2.45) is 17.8 Å². The van der Waals surface area contributed by atoms with Gasteiger partial charge in [-0.3, -0.25) is 29.2 Å². The van der Waals surface area contributed by atoms with Crippen molar-refractivity contribution < 1.29 is 23.9 Å².